The Hall–Kier alpha value is -0.380. The van der Waals surface area contributed by atoms with E-state index in [0.717, 1.165) is 15.6 Å². The van der Waals surface area contributed by atoms with Crippen molar-refractivity contribution < 1.29 is 28.5 Å². The van der Waals surface area contributed by atoms with Crippen molar-refractivity contribution in [2.24, 2.45) is 17.8 Å². The number of allylic oxidation sites excluding steroid dienone is 2. The number of carbonyl (C=O) groups excluding carboxylic acids is 2. The van der Waals surface area contributed by atoms with Crippen LogP contribution in [0.15, 0.2) is 21.7 Å². The van der Waals surface area contributed by atoms with Crippen molar-refractivity contribution in [1.29, 1.82) is 0 Å². The predicted octanol–water partition coefficient (Wildman–Crippen LogP) is 2.74. The summed E-state index contributed by atoms with van der Waals surface area (Å²) >= 11 is 7.47. The zero-order valence-corrected chi connectivity index (χ0v) is 18.7. The number of ether oxygens (including phenoxy) is 4. The van der Waals surface area contributed by atoms with Gasteiger partial charge in [-0.3, -0.25) is 9.59 Å². The van der Waals surface area contributed by atoms with Gasteiger partial charge >= 0.3 is 0 Å². The highest BCUT2D eigenvalue weighted by atomic mass is 79.9. The first-order valence-electron chi connectivity index (χ1n) is 8.17. The molecule has 4 rings (SSSR count). The van der Waals surface area contributed by atoms with Crippen molar-refractivity contribution in [3.05, 3.63) is 21.7 Å². The van der Waals surface area contributed by atoms with Gasteiger partial charge in [0.1, 0.15) is 0 Å². The summed E-state index contributed by atoms with van der Waals surface area (Å²) in [5, 5.41) is 0. The van der Waals surface area contributed by atoms with Gasteiger partial charge < -0.3 is 18.9 Å². The van der Waals surface area contributed by atoms with Crippen LogP contribution < -0.4 is 0 Å². The summed E-state index contributed by atoms with van der Waals surface area (Å²) in [6.07, 6.45) is 1.49. The number of rotatable bonds is 4. The molecule has 0 radical (unpaired) electrons. The molecule has 1 fully saturated rings. The Bertz CT molecular complexity index is 734. The smallest absolute Gasteiger partial charge is 0.238 e. The second kappa shape index (κ2) is 6.32. The summed E-state index contributed by atoms with van der Waals surface area (Å²) < 4.78 is 22.5. The van der Waals surface area contributed by atoms with E-state index in [0.29, 0.717) is 0 Å². The number of Topliss-reactive ketones (excluding diaryl/α,β-unsaturated/α-hetero) is 1. The number of alkyl halides is 1. The van der Waals surface area contributed by atoms with Gasteiger partial charge in [-0.25, -0.2) is 0 Å². The molecule has 1 saturated carbocycles. The Balaban J connectivity index is 2.42. The van der Waals surface area contributed by atoms with Gasteiger partial charge in [0, 0.05) is 32.9 Å². The van der Waals surface area contributed by atoms with Crippen LogP contribution in [0.2, 0.25) is 0 Å². The minimum Gasteiger partial charge on any atom is -0.346 e. The molecule has 4 aliphatic carbocycles. The lowest BCUT2D eigenvalue weighted by Crippen LogP contribution is -2.76. The van der Waals surface area contributed by atoms with Crippen LogP contribution in [0, 0.1) is 17.8 Å². The topological polar surface area (TPSA) is 71.1 Å². The van der Waals surface area contributed by atoms with Gasteiger partial charge in [-0.15, -0.1) is 0 Å². The first kappa shape index (κ1) is 20.4. The minimum absolute atomic E-state index is 0.190. The van der Waals surface area contributed by atoms with Crippen molar-refractivity contribution in [3.63, 3.8) is 0 Å². The quantitative estimate of drug-likeness (QED) is 0.443. The van der Waals surface area contributed by atoms with Gasteiger partial charge in [-0.1, -0.05) is 43.0 Å². The molecule has 6 nitrogen and oxygen atoms in total. The lowest BCUT2D eigenvalue weighted by atomic mass is 9.50. The molecule has 0 N–H and O–H groups in total. The number of hydrogen-bond acceptors (Lipinski definition) is 6. The SMILES string of the molecule is COC1(OC)C(=O)[C@H]2C(C)=C(Br)[C@@H]1[C@@H]1C(OC)(OC)C(=O)C=C(C)[C@]21Br. The number of methoxy groups -OCH3 is 4. The average molecular weight is 494 g/mol. The van der Waals surface area contributed by atoms with Crippen LogP contribution in [0.4, 0.5) is 0 Å². The van der Waals surface area contributed by atoms with Gasteiger partial charge in [-0.2, -0.15) is 0 Å². The average Bonchev–Trinajstić information content (AvgIpc) is 2.61. The van der Waals surface area contributed by atoms with Crippen LogP contribution in [0.25, 0.3) is 0 Å². The zero-order valence-electron chi connectivity index (χ0n) is 15.5. The highest BCUT2D eigenvalue weighted by Crippen LogP contribution is 2.67. The molecule has 0 heterocycles. The molecule has 8 heteroatoms. The standard InChI is InChI=1S/C18H22Br2O6/c1-8-7-10(21)17(23-3,24-4)14-12-13(19)9(2)11(16(8,14)20)15(22)18(12,25-5)26-6/h7,11-12,14H,1-6H3/t11-,12-,14+,16+/m1/s1. The van der Waals surface area contributed by atoms with E-state index in [2.05, 4.69) is 31.9 Å². The van der Waals surface area contributed by atoms with Crippen LogP contribution in [0.5, 0.6) is 0 Å². The fraction of sp³-hybridized carbons (Fsp3) is 0.667. The maximum Gasteiger partial charge on any atom is 0.238 e. The lowest BCUT2D eigenvalue weighted by molar-refractivity contribution is -0.293. The zero-order chi connectivity index (χ0) is 19.7. The van der Waals surface area contributed by atoms with Crippen LogP contribution in [-0.2, 0) is 28.5 Å². The van der Waals surface area contributed by atoms with Gasteiger partial charge in [-0.05, 0) is 19.9 Å². The third kappa shape index (κ3) is 2.01. The van der Waals surface area contributed by atoms with E-state index in [-0.39, 0.29) is 11.6 Å². The molecule has 0 saturated heterocycles. The Morgan fingerprint density at radius 1 is 0.962 bits per heavy atom. The lowest BCUT2D eigenvalue weighted by Gasteiger charge is -2.63. The molecule has 0 aromatic heterocycles. The monoisotopic (exact) mass is 492 g/mol. The van der Waals surface area contributed by atoms with Gasteiger partial charge in [0.05, 0.1) is 22.1 Å². The molecule has 0 aliphatic heterocycles. The summed E-state index contributed by atoms with van der Waals surface area (Å²) in [5.41, 5.74) is 1.63. The number of carbonyl (C=O) groups is 2. The molecule has 4 aliphatic rings. The van der Waals surface area contributed by atoms with Gasteiger partial charge in [0.25, 0.3) is 0 Å². The van der Waals surface area contributed by atoms with Crippen LogP contribution in [0.3, 0.4) is 0 Å². The minimum atomic E-state index is -1.57. The van der Waals surface area contributed by atoms with Crippen LogP contribution in [0.1, 0.15) is 13.8 Å². The highest BCUT2D eigenvalue weighted by molar-refractivity contribution is 9.11. The van der Waals surface area contributed by atoms with Crippen molar-refractivity contribution in [2.45, 2.75) is 29.7 Å². The van der Waals surface area contributed by atoms with Crippen molar-refractivity contribution in [1.82, 2.24) is 0 Å². The van der Waals surface area contributed by atoms with Crippen molar-refractivity contribution in [2.75, 3.05) is 28.4 Å². The molecular weight excluding hydrogens is 472 g/mol. The highest BCUT2D eigenvalue weighted by Gasteiger charge is 2.77. The second-order valence-corrected chi connectivity index (χ2v) is 9.06. The maximum absolute atomic E-state index is 13.5. The normalized spacial score (nSPS) is 37.7. The number of halogens is 2. The Morgan fingerprint density at radius 3 is 1.92 bits per heavy atom. The van der Waals surface area contributed by atoms with E-state index in [4.69, 9.17) is 18.9 Å². The van der Waals surface area contributed by atoms with Crippen molar-refractivity contribution >= 4 is 43.4 Å². The molecule has 0 aromatic carbocycles. The molecule has 0 unspecified atom stereocenters. The van der Waals surface area contributed by atoms with E-state index in [1.165, 1.54) is 34.5 Å². The number of hydrogen-bond donors (Lipinski definition) is 0. The third-order valence-electron chi connectivity index (χ3n) is 6.22. The summed E-state index contributed by atoms with van der Waals surface area (Å²) in [4.78, 5) is 26.4. The molecule has 0 amide bonds. The second-order valence-electron chi connectivity index (χ2n) is 6.89. The Kier molecular flexibility index (Phi) is 4.95. The largest absolute Gasteiger partial charge is 0.346 e. The fourth-order valence-corrected chi connectivity index (χ4v) is 7.03. The van der Waals surface area contributed by atoms with E-state index < -0.39 is 33.7 Å². The molecule has 4 atom stereocenters. The predicted molar refractivity (Wildman–Crippen MR) is 101 cm³/mol. The van der Waals surface area contributed by atoms with Crippen LogP contribution in [-0.4, -0.2) is 55.9 Å². The molecule has 144 valence electrons. The maximum atomic E-state index is 13.5. The number of ketones is 2. The van der Waals surface area contributed by atoms with E-state index in [9.17, 15) is 9.59 Å². The first-order valence-corrected chi connectivity index (χ1v) is 9.75. The van der Waals surface area contributed by atoms with Gasteiger partial charge in [0.2, 0.25) is 23.1 Å². The molecular formula is C18H22Br2O6. The summed E-state index contributed by atoms with van der Waals surface area (Å²) in [6.45, 7) is 3.74. The van der Waals surface area contributed by atoms with Crippen LogP contribution >= 0.6 is 31.9 Å². The first-order chi connectivity index (χ1) is 12.1. The molecule has 0 aromatic rings. The van der Waals surface area contributed by atoms with E-state index >= 15 is 0 Å². The fourth-order valence-electron chi connectivity index (χ4n) is 5.00. The molecule has 2 bridgehead atoms. The number of fused-ring (bicyclic) bond motifs is 1. The van der Waals surface area contributed by atoms with E-state index in [1.54, 1.807) is 0 Å². The third-order valence-corrected chi connectivity index (χ3v) is 8.92. The van der Waals surface area contributed by atoms with Gasteiger partial charge in [0.15, 0.2) is 0 Å². The molecule has 0 spiro atoms. The summed E-state index contributed by atoms with van der Waals surface area (Å²) in [5.74, 6) is -5.45. The van der Waals surface area contributed by atoms with Crippen molar-refractivity contribution in [3.8, 4) is 0 Å². The summed E-state index contributed by atoms with van der Waals surface area (Å²) in [6, 6.07) is 0. The Labute approximate surface area is 169 Å². The molecule has 26 heavy (non-hydrogen) atoms. The summed E-state index contributed by atoms with van der Waals surface area (Å²) in [7, 11) is 5.73. The van der Waals surface area contributed by atoms with E-state index in [1.807, 2.05) is 13.8 Å². The Morgan fingerprint density at radius 2 is 1.46 bits per heavy atom.